The SMILES string of the molecule is O=C(Cn1cc(CN2C(=O)C(=O)C3CC=C(C(F)(F)F)C=C32)nn1)c1nc2ccccc2s1. The molecule has 0 radical (unpaired) electrons. The number of Topliss-reactive ketones (excluding diaryl/α,β-unsaturated/α-hetero) is 2. The van der Waals surface area contributed by atoms with Gasteiger partial charge in [0.15, 0.2) is 5.01 Å². The fourth-order valence-corrected chi connectivity index (χ4v) is 4.70. The predicted molar refractivity (Wildman–Crippen MR) is 110 cm³/mol. The van der Waals surface area contributed by atoms with Crippen molar-refractivity contribution in [1.82, 2.24) is 24.9 Å². The number of carbonyl (C=O) groups is 3. The standard InChI is InChI=1S/C21H14F3N5O3S/c22-21(23,24)11-5-6-13-15(7-11)29(20(32)18(13)31)9-12-8-28(27-26-12)10-16(30)19-25-14-3-1-2-4-17(14)33-19/h1-5,7-8,13H,6,9-10H2. The maximum absolute atomic E-state index is 13.1. The van der Waals surface area contributed by atoms with Gasteiger partial charge in [0.25, 0.3) is 5.91 Å². The molecule has 1 amide bonds. The summed E-state index contributed by atoms with van der Waals surface area (Å²) in [6, 6.07) is 7.34. The number of hydrogen-bond acceptors (Lipinski definition) is 7. The van der Waals surface area contributed by atoms with Gasteiger partial charge in [-0.15, -0.1) is 16.4 Å². The van der Waals surface area contributed by atoms with Gasteiger partial charge in [0.05, 0.1) is 34.4 Å². The second-order valence-corrected chi connectivity index (χ2v) is 8.62. The molecule has 0 bridgehead atoms. The lowest BCUT2D eigenvalue weighted by atomic mass is 9.92. The van der Waals surface area contributed by atoms with Crippen LogP contribution in [0, 0.1) is 5.92 Å². The summed E-state index contributed by atoms with van der Waals surface area (Å²) in [5.74, 6) is -2.85. The van der Waals surface area contributed by atoms with E-state index in [1.165, 1.54) is 22.2 Å². The molecular formula is C21H14F3N5O3S. The van der Waals surface area contributed by atoms with Crippen molar-refractivity contribution in [3.05, 3.63) is 64.6 Å². The third-order valence-corrected chi connectivity index (χ3v) is 6.47. The van der Waals surface area contributed by atoms with E-state index >= 15 is 0 Å². The van der Waals surface area contributed by atoms with Crippen molar-refractivity contribution in [1.29, 1.82) is 0 Å². The smallest absolute Gasteiger partial charge is 0.303 e. The number of amides is 1. The van der Waals surface area contributed by atoms with Crippen molar-refractivity contribution < 1.29 is 27.6 Å². The summed E-state index contributed by atoms with van der Waals surface area (Å²) in [4.78, 5) is 42.5. The molecule has 1 unspecified atom stereocenters. The number of alkyl halides is 3. The number of nitrogens with zero attached hydrogens (tertiary/aromatic N) is 5. The molecule has 0 N–H and O–H groups in total. The van der Waals surface area contributed by atoms with E-state index < -0.39 is 29.4 Å². The number of likely N-dealkylation sites (tertiary alicyclic amines) is 1. The summed E-state index contributed by atoms with van der Waals surface area (Å²) >= 11 is 1.26. The Bertz CT molecular complexity index is 1340. The maximum atomic E-state index is 13.1. The first kappa shape index (κ1) is 21.2. The Morgan fingerprint density at radius 2 is 2.00 bits per heavy atom. The van der Waals surface area contributed by atoms with Crippen LogP contribution in [0.25, 0.3) is 10.2 Å². The van der Waals surface area contributed by atoms with Crippen LogP contribution < -0.4 is 0 Å². The highest BCUT2D eigenvalue weighted by Crippen LogP contribution is 2.39. The number of halogens is 3. The van der Waals surface area contributed by atoms with Crippen LogP contribution >= 0.6 is 11.3 Å². The van der Waals surface area contributed by atoms with Gasteiger partial charge in [0.2, 0.25) is 11.6 Å². The number of ketones is 2. The van der Waals surface area contributed by atoms with Gasteiger partial charge in [-0.25, -0.2) is 9.67 Å². The largest absolute Gasteiger partial charge is 0.416 e. The minimum absolute atomic E-state index is 0.0000676. The lowest BCUT2D eigenvalue weighted by molar-refractivity contribution is -0.140. The van der Waals surface area contributed by atoms with Gasteiger partial charge in [0, 0.05) is 5.70 Å². The Morgan fingerprint density at radius 3 is 2.76 bits per heavy atom. The number of para-hydroxylation sites is 1. The average Bonchev–Trinajstić information content (AvgIpc) is 3.47. The fourth-order valence-electron chi connectivity index (χ4n) is 3.81. The topological polar surface area (TPSA) is 98.1 Å². The first-order valence-corrected chi connectivity index (χ1v) is 10.6. The zero-order valence-corrected chi connectivity index (χ0v) is 17.6. The van der Waals surface area contributed by atoms with Crippen LogP contribution in [0.4, 0.5) is 13.2 Å². The Hall–Kier alpha value is -3.67. The molecular weight excluding hydrogens is 459 g/mol. The summed E-state index contributed by atoms with van der Waals surface area (Å²) in [5.41, 5.74) is 0.0501. The van der Waals surface area contributed by atoms with Gasteiger partial charge in [-0.1, -0.05) is 23.4 Å². The van der Waals surface area contributed by atoms with Crippen LogP contribution in [-0.4, -0.2) is 48.5 Å². The monoisotopic (exact) mass is 473 g/mol. The van der Waals surface area contributed by atoms with Crippen molar-refractivity contribution in [2.75, 3.05) is 0 Å². The number of rotatable bonds is 5. The highest BCUT2D eigenvalue weighted by atomic mass is 32.1. The third kappa shape index (κ3) is 3.86. The fraction of sp³-hybridized carbons (Fsp3) is 0.238. The third-order valence-electron chi connectivity index (χ3n) is 5.39. The lowest BCUT2D eigenvalue weighted by Gasteiger charge is -2.22. The van der Waals surface area contributed by atoms with Crippen LogP contribution in [0.1, 0.15) is 21.9 Å². The van der Waals surface area contributed by atoms with E-state index in [2.05, 4.69) is 15.3 Å². The molecule has 8 nitrogen and oxygen atoms in total. The number of thiazole rings is 1. The van der Waals surface area contributed by atoms with E-state index in [1.54, 1.807) is 6.07 Å². The number of aromatic nitrogens is 4. The molecule has 1 fully saturated rings. The van der Waals surface area contributed by atoms with Crippen molar-refractivity contribution in [2.45, 2.75) is 25.7 Å². The van der Waals surface area contributed by atoms with E-state index in [9.17, 15) is 27.6 Å². The Labute approximate surface area is 188 Å². The zero-order chi connectivity index (χ0) is 23.3. The molecule has 2 aliphatic rings. The first-order chi connectivity index (χ1) is 15.7. The number of allylic oxidation sites excluding steroid dienone is 4. The van der Waals surface area contributed by atoms with E-state index in [-0.39, 0.29) is 36.7 Å². The molecule has 0 spiro atoms. The summed E-state index contributed by atoms with van der Waals surface area (Å²) < 4.78 is 41.5. The normalized spacial score (nSPS) is 18.5. The predicted octanol–water partition coefficient (Wildman–Crippen LogP) is 3.07. The molecule has 1 aliphatic heterocycles. The molecule has 2 aromatic heterocycles. The van der Waals surface area contributed by atoms with Crippen molar-refractivity contribution in [2.24, 2.45) is 5.92 Å². The van der Waals surface area contributed by atoms with E-state index in [1.807, 2.05) is 18.2 Å². The quantitative estimate of drug-likeness (QED) is 0.417. The summed E-state index contributed by atoms with van der Waals surface area (Å²) in [6.07, 6.45) is -1.60. The minimum Gasteiger partial charge on any atom is -0.303 e. The molecule has 5 rings (SSSR count). The number of fused-ring (bicyclic) bond motifs is 2. The van der Waals surface area contributed by atoms with Gasteiger partial charge in [0.1, 0.15) is 12.2 Å². The highest BCUT2D eigenvalue weighted by Gasteiger charge is 2.46. The van der Waals surface area contributed by atoms with Crippen LogP contribution in [0.5, 0.6) is 0 Å². The van der Waals surface area contributed by atoms with Crippen LogP contribution in [-0.2, 0) is 22.7 Å². The number of carbonyl (C=O) groups excluding carboxylic acids is 3. The van der Waals surface area contributed by atoms with E-state index in [4.69, 9.17) is 0 Å². The molecule has 168 valence electrons. The van der Waals surface area contributed by atoms with Gasteiger partial charge >= 0.3 is 6.18 Å². The summed E-state index contributed by atoms with van der Waals surface area (Å²) in [7, 11) is 0. The molecule has 1 aromatic carbocycles. The Balaban J connectivity index is 1.33. The Morgan fingerprint density at radius 1 is 1.21 bits per heavy atom. The lowest BCUT2D eigenvalue weighted by Crippen LogP contribution is -2.26. The first-order valence-electron chi connectivity index (χ1n) is 9.83. The highest BCUT2D eigenvalue weighted by molar-refractivity contribution is 7.20. The van der Waals surface area contributed by atoms with Crippen molar-refractivity contribution >= 4 is 39.0 Å². The molecule has 1 atom stereocenters. The van der Waals surface area contributed by atoms with Crippen LogP contribution in [0.3, 0.4) is 0 Å². The second kappa shape index (κ2) is 7.73. The van der Waals surface area contributed by atoms with Crippen LogP contribution in [0.15, 0.2) is 53.9 Å². The molecule has 1 saturated heterocycles. The van der Waals surface area contributed by atoms with Gasteiger partial charge < -0.3 is 4.90 Å². The van der Waals surface area contributed by atoms with Gasteiger partial charge in [-0.2, -0.15) is 13.2 Å². The van der Waals surface area contributed by atoms with Crippen LogP contribution in [0.2, 0.25) is 0 Å². The maximum Gasteiger partial charge on any atom is 0.416 e. The zero-order valence-electron chi connectivity index (χ0n) is 16.7. The molecule has 3 heterocycles. The molecule has 1 aliphatic carbocycles. The van der Waals surface area contributed by atoms with Gasteiger partial charge in [-0.3, -0.25) is 14.4 Å². The second-order valence-electron chi connectivity index (χ2n) is 7.59. The number of hydrogen-bond donors (Lipinski definition) is 0. The summed E-state index contributed by atoms with van der Waals surface area (Å²) in [5, 5.41) is 8.09. The van der Waals surface area contributed by atoms with E-state index in [0.717, 1.165) is 21.8 Å². The molecule has 0 saturated carbocycles. The average molecular weight is 473 g/mol. The Kier molecular flexibility index (Phi) is 4.96. The summed E-state index contributed by atoms with van der Waals surface area (Å²) in [6.45, 7) is -0.376. The molecule has 33 heavy (non-hydrogen) atoms. The van der Waals surface area contributed by atoms with Gasteiger partial charge in [-0.05, 0) is 24.6 Å². The molecule has 3 aromatic rings. The number of benzene rings is 1. The van der Waals surface area contributed by atoms with Crippen molar-refractivity contribution in [3.8, 4) is 0 Å². The minimum atomic E-state index is -4.58. The molecule has 12 heteroatoms. The van der Waals surface area contributed by atoms with E-state index in [0.29, 0.717) is 10.5 Å². The van der Waals surface area contributed by atoms with Crippen molar-refractivity contribution in [3.63, 3.8) is 0 Å².